The highest BCUT2D eigenvalue weighted by Gasteiger charge is 2.58. The SMILES string of the molecule is NC1C2Nc3ccccc3C2C(S(=O)(=O)O)C1c1cccc2ccccc12.O. The lowest BCUT2D eigenvalue weighted by atomic mass is 9.88. The molecule has 1 fully saturated rings. The van der Waals surface area contributed by atoms with Crippen molar-refractivity contribution in [3.63, 3.8) is 0 Å². The normalized spacial score (nSPS) is 28.3. The Morgan fingerprint density at radius 3 is 2.29 bits per heavy atom. The highest BCUT2D eigenvalue weighted by Crippen LogP contribution is 2.53. The monoisotopic (exact) mass is 398 g/mol. The molecule has 3 aromatic rings. The van der Waals surface area contributed by atoms with Crippen molar-refractivity contribution in [3.8, 4) is 0 Å². The number of nitrogens with one attached hydrogen (secondary N) is 1. The van der Waals surface area contributed by atoms with Gasteiger partial charge >= 0.3 is 0 Å². The zero-order valence-corrected chi connectivity index (χ0v) is 15.8. The third-order valence-corrected chi connectivity index (χ3v) is 7.37. The van der Waals surface area contributed by atoms with Crippen molar-refractivity contribution in [2.24, 2.45) is 5.73 Å². The van der Waals surface area contributed by atoms with E-state index in [1.807, 2.05) is 66.7 Å². The number of hydrogen-bond acceptors (Lipinski definition) is 4. The summed E-state index contributed by atoms with van der Waals surface area (Å²) < 4.78 is 35.2. The average molecular weight is 398 g/mol. The van der Waals surface area contributed by atoms with Crippen LogP contribution in [0, 0.1) is 0 Å². The van der Waals surface area contributed by atoms with Gasteiger partial charge < -0.3 is 16.5 Å². The Morgan fingerprint density at radius 2 is 1.50 bits per heavy atom. The summed E-state index contributed by atoms with van der Waals surface area (Å²) in [6.45, 7) is 0. The molecule has 5 atom stereocenters. The van der Waals surface area contributed by atoms with E-state index in [1.165, 1.54) is 0 Å². The number of anilines is 1. The van der Waals surface area contributed by atoms with Gasteiger partial charge in [-0.2, -0.15) is 8.42 Å². The third kappa shape index (κ3) is 2.62. The second kappa shape index (κ2) is 6.56. The summed E-state index contributed by atoms with van der Waals surface area (Å²) >= 11 is 0. The second-order valence-corrected chi connectivity index (χ2v) is 9.01. The van der Waals surface area contributed by atoms with E-state index >= 15 is 0 Å². The molecule has 6 N–H and O–H groups in total. The van der Waals surface area contributed by atoms with Gasteiger partial charge in [0.05, 0.1) is 6.04 Å². The molecule has 0 amide bonds. The van der Waals surface area contributed by atoms with Crippen molar-refractivity contribution in [1.82, 2.24) is 0 Å². The van der Waals surface area contributed by atoms with Crippen LogP contribution >= 0.6 is 0 Å². The van der Waals surface area contributed by atoms with Gasteiger partial charge in [-0.3, -0.25) is 4.55 Å². The van der Waals surface area contributed by atoms with Crippen LogP contribution in [0.25, 0.3) is 10.8 Å². The summed E-state index contributed by atoms with van der Waals surface area (Å²) in [6.07, 6.45) is 0. The van der Waals surface area contributed by atoms with Crippen molar-refractivity contribution in [1.29, 1.82) is 0 Å². The lowest BCUT2D eigenvalue weighted by molar-refractivity contribution is 0.452. The molecule has 0 aromatic heterocycles. The molecule has 146 valence electrons. The molecular formula is C21H22N2O4S. The molecule has 5 rings (SSSR count). The molecule has 1 aliphatic heterocycles. The van der Waals surface area contributed by atoms with Crippen LogP contribution in [0.3, 0.4) is 0 Å². The zero-order chi connectivity index (χ0) is 18.8. The van der Waals surface area contributed by atoms with Gasteiger partial charge in [-0.15, -0.1) is 0 Å². The number of rotatable bonds is 2. The molecule has 0 radical (unpaired) electrons. The van der Waals surface area contributed by atoms with Gasteiger partial charge in [0.1, 0.15) is 5.25 Å². The maximum Gasteiger partial charge on any atom is 0.269 e. The van der Waals surface area contributed by atoms with Crippen LogP contribution in [0.15, 0.2) is 66.7 Å². The maximum atomic E-state index is 12.5. The number of nitrogens with two attached hydrogens (primary N) is 1. The van der Waals surface area contributed by atoms with Crippen LogP contribution < -0.4 is 11.1 Å². The quantitative estimate of drug-likeness (QED) is 0.571. The molecule has 7 heteroatoms. The average Bonchev–Trinajstić information content (AvgIpc) is 3.16. The van der Waals surface area contributed by atoms with E-state index in [9.17, 15) is 13.0 Å². The van der Waals surface area contributed by atoms with Crippen molar-refractivity contribution < 1.29 is 18.4 Å². The van der Waals surface area contributed by atoms with E-state index in [4.69, 9.17) is 5.73 Å². The van der Waals surface area contributed by atoms with Crippen molar-refractivity contribution >= 4 is 26.6 Å². The first-order valence-electron chi connectivity index (χ1n) is 9.02. The molecule has 1 heterocycles. The molecule has 28 heavy (non-hydrogen) atoms. The van der Waals surface area contributed by atoms with E-state index in [2.05, 4.69) is 5.32 Å². The van der Waals surface area contributed by atoms with Crippen LogP contribution in [-0.4, -0.2) is 35.8 Å². The second-order valence-electron chi connectivity index (χ2n) is 7.43. The largest absolute Gasteiger partial charge is 0.412 e. The Morgan fingerprint density at radius 1 is 0.857 bits per heavy atom. The summed E-state index contributed by atoms with van der Waals surface area (Å²) in [5.74, 6) is -0.878. The van der Waals surface area contributed by atoms with Crippen LogP contribution in [0.1, 0.15) is 23.0 Å². The molecule has 1 aliphatic carbocycles. The van der Waals surface area contributed by atoms with Gasteiger partial charge in [0.25, 0.3) is 10.1 Å². The summed E-state index contributed by atoms with van der Waals surface area (Å²) in [5, 5.41) is 4.41. The van der Waals surface area contributed by atoms with E-state index < -0.39 is 27.3 Å². The fraction of sp³-hybridized carbons (Fsp3) is 0.238. The molecule has 3 aromatic carbocycles. The molecule has 6 nitrogen and oxygen atoms in total. The first-order valence-corrected chi connectivity index (χ1v) is 10.5. The van der Waals surface area contributed by atoms with E-state index in [0.717, 1.165) is 27.6 Å². The van der Waals surface area contributed by atoms with Gasteiger partial charge in [0.2, 0.25) is 0 Å². The Labute approximate surface area is 163 Å². The van der Waals surface area contributed by atoms with Crippen molar-refractivity contribution in [3.05, 3.63) is 77.9 Å². The number of fused-ring (bicyclic) bond motifs is 4. The van der Waals surface area contributed by atoms with Gasteiger partial charge in [-0.1, -0.05) is 60.7 Å². The Kier molecular flexibility index (Phi) is 4.43. The van der Waals surface area contributed by atoms with Crippen LogP contribution in [0.2, 0.25) is 0 Å². The first kappa shape index (κ1) is 18.9. The highest BCUT2D eigenvalue weighted by molar-refractivity contribution is 7.86. The predicted octanol–water partition coefficient (Wildman–Crippen LogP) is 2.27. The standard InChI is InChI=1S/C21H20N2O3S.H2O/c22-19-17(14-10-5-7-12-6-1-2-8-13(12)14)21(27(24,25)26)18-15-9-3-4-11-16(15)23-20(18)19;/h1-11,17-21,23H,22H2,(H,24,25,26);1H2. The summed E-state index contributed by atoms with van der Waals surface area (Å²) in [4.78, 5) is 0. The van der Waals surface area contributed by atoms with Crippen molar-refractivity contribution in [2.75, 3.05) is 5.32 Å². The third-order valence-electron chi connectivity index (χ3n) is 6.09. The van der Waals surface area contributed by atoms with E-state index in [-0.39, 0.29) is 17.4 Å². The van der Waals surface area contributed by atoms with Gasteiger partial charge in [0, 0.05) is 23.6 Å². The topological polar surface area (TPSA) is 124 Å². The van der Waals surface area contributed by atoms with Gasteiger partial charge in [-0.05, 0) is 28.0 Å². The molecule has 0 bridgehead atoms. The Hall–Kier alpha value is -2.45. The lowest BCUT2D eigenvalue weighted by Gasteiger charge is -2.25. The molecule has 0 spiro atoms. The summed E-state index contributed by atoms with van der Waals surface area (Å²) in [7, 11) is -4.32. The number of hydrogen-bond donors (Lipinski definition) is 3. The Balaban J connectivity index is 0.00000192. The summed E-state index contributed by atoms with van der Waals surface area (Å²) in [5.41, 5.74) is 9.29. The smallest absolute Gasteiger partial charge is 0.269 e. The molecule has 1 saturated carbocycles. The zero-order valence-electron chi connectivity index (χ0n) is 15.0. The molecule has 5 unspecified atom stereocenters. The first-order chi connectivity index (χ1) is 13.0. The number of benzene rings is 3. The van der Waals surface area contributed by atoms with Crippen LogP contribution in [-0.2, 0) is 10.1 Å². The lowest BCUT2D eigenvalue weighted by Crippen LogP contribution is -2.39. The fourth-order valence-electron chi connectivity index (χ4n) is 5.06. The molecule has 2 aliphatic rings. The highest BCUT2D eigenvalue weighted by atomic mass is 32.2. The minimum atomic E-state index is -4.32. The fourth-order valence-corrected chi connectivity index (χ4v) is 6.45. The van der Waals surface area contributed by atoms with E-state index in [1.54, 1.807) is 0 Å². The van der Waals surface area contributed by atoms with Gasteiger partial charge in [-0.25, -0.2) is 0 Å². The van der Waals surface area contributed by atoms with Crippen molar-refractivity contribution in [2.45, 2.75) is 29.2 Å². The maximum absolute atomic E-state index is 12.5. The van der Waals surface area contributed by atoms with Crippen LogP contribution in [0.5, 0.6) is 0 Å². The predicted molar refractivity (Wildman–Crippen MR) is 110 cm³/mol. The van der Waals surface area contributed by atoms with E-state index in [0.29, 0.717) is 0 Å². The molecule has 0 saturated heterocycles. The molecular weight excluding hydrogens is 376 g/mol. The van der Waals surface area contributed by atoms with Gasteiger partial charge in [0.15, 0.2) is 0 Å². The minimum absolute atomic E-state index is 0. The minimum Gasteiger partial charge on any atom is -0.412 e. The Bertz CT molecular complexity index is 1140. The van der Waals surface area contributed by atoms with Crippen LogP contribution in [0.4, 0.5) is 5.69 Å². The number of para-hydroxylation sites is 1. The summed E-state index contributed by atoms with van der Waals surface area (Å²) in [6, 6.07) is 20.7.